The zero-order chi connectivity index (χ0) is 6.74. The van der Waals surface area contributed by atoms with Crippen molar-refractivity contribution in [1.82, 2.24) is 5.32 Å². The Morgan fingerprint density at radius 3 is 2.67 bits per heavy atom. The maximum Gasteiger partial charge on any atom is 0.0641 e. The van der Waals surface area contributed by atoms with Crippen LogP contribution in [0.3, 0.4) is 0 Å². The summed E-state index contributed by atoms with van der Waals surface area (Å²) in [7, 11) is 0. The Morgan fingerprint density at radius 1 is 1.67 bits per heavy atom. The van der Waals surface area contributed by atoms with E-state index in [1.807, 2.05) is 0 Å². The van der Waals surface area contributed by atoms with Crippen molar-refractivity contribution in [3.63, 3.8) is 0 Å². The van der Waals surface area contributed by atoms with Gasteiger partial charge in [0.15, 0.2) is 0 Å². The SMILES string of the molecule is CCNC1(CC#N)CC1. The summed E-state index contributed by atoms with van der Waals surface area (Å²) in [5, 5.41) is 11.7. The largest absolute Gasteiger partial charge is 0.310 e. The Kier molecular flexibility index (Phi) is 1.73. The Hall–Kier alpha value is -0.550. The van der Waals surface area contributed by atoms with Crippen LogP contribution in [0.4, 0.5) is 0 Å². The van der Waals surface area contributed by atoms with Crippen molar-refractivity contribution in [3.8, 4) is 6.07 Å². The van der Waals surface area contributed by atoms with Gasteiger partial charge >= 0.3 is 0 Å². The van der Waals surface area contributed by atoms with Gasteiger partial charge in [-0.05, 0) is 19.4 Å². The quantitative estimate of drug-likeness (QED) is 0.610. The summed E-state index contributed by atoms with van der Waals surface area (Å²) < 4.78 is 0. The van der Waals surface area contributed by atoms with Crippen LogP contribution in [0.2, 0.25) is 0 Å². The Balaban J connectivity index is 2.27. The van der Waals surface area contributed by atoms with Gasteiger partial charge in [0, 0.05) is 5.54 Å². The maximum atomic E-state index is 8.38. The summed E-state index contributed by atoms with van der Waals surface area (Å²) >= 11 is 0. The Bertz CT molecular complexity index is 130. The second kappa shape index (κ2) is 2.36. The minimum Gasteiger partial charge on any atom is -0.310 e. The van der Waals surface area contributed by atoms with E-state index in [9.17, 15) is 0 Å². The smallest absolute Gasteiger partial charge is 0.0641 e. The highest BCUT2D eigenvalue weighted by molar-refractivity contribution is 5.06. The van der Waals surface area contributed by atoms with Gasteiger partial charge in [0.2, 0.25) is 0 Å². The first-order valence-electron chi connectivity index (χ1n) is 3.45. The molecule has 1 fully saturated rings. The molecule has 0 atom stereocenters. The summed E-state index contributed by atoms with van der Waals surface area (Å²) in [6.45, 7) is 3.07. The van der Waals surface area contributed by atoms with Gasteiger partial charge in [0.1, 0.15) is 0 Å². The first-order chi connectivity index (χ1) is 4.33. The van der Waals surface area contributed by atoms with Crippen LogP contribution in [0, 0.1) is 11.3 Å². The highest BCUT2D eigenvalue weighted by Gasteiger charge is 2.41. The Morgan fingerprint density at radius 2 is 2.33 bits per heavy atom. The molecule has 2 heteroatoms. The molecule has 0 aromatic heterocycles. The van der Waals surface area contributed by atoms with Gasteiger partial charge in [-0.1, -0.05) is 6.92 Å². The molecule has 1 saturated carbocycles. The summed E-state index contributed by atoms with van der Waals surface area (Å²) in [5.74, 6) is 0. The molecule has 1 aliphatic rings. The van der Waals surface area contributed by atoms with Gasteiger partial charge in [0.05, 0.1) is 12.5 Å². The Labute approximate surface area is 55.9 Å². The van der Waals surface area contributed by atoms with Crippen LogP contribution in [0.25, 0.3) is 0 Å². The van der Waals surface area contributed by atoms with E-state index in [1.165, 1.54) is 12.8 Å². The lowest BCUT2D eigenvalue weighted by atomic mass is 10.2. The van der Waals surface area contributed by atoms with Gasteiger partial charge in [-0.25, -0.2) is 0 Å². The molecule has 0 spiro atoms. The molecule has 2 nitrogen and oxygen atoms in total. The molecule has 0 radical (unpaired) electrons. The molecule has 50 valence electrons. The predicted molar refractivity (Wildman–Crippen MR) is 35.9 cm³/mol. The topological polar surface area (TPSA) is 35.8 Å². The van der Waals surface area contributed by atoms with Crippen LogP contribution >= 0.6 is 0 Å². The minimum absolute atomic E-state index is 0.240. The van der Waals surface area contributed by atoms with Gasteiger partial charge in [-0.15, -0.1) is 0 Å². The van der Waals surface area contributed by atoms with Crippen molar-refractivity contribution < 1.29 is 0 Å². The zero-order valence-corrected chi connectivity index (χ0v) is 5.78. The fourth-order valence-electron chi connectivity index (χ4n) is 1.09. The van der Waals surface area contributed by atoms with E-state index >= 15 is 0 Å². The lowest BCUT2D eigenvalue weighted by Crippen LogP contribution is -2.30. The number of nitriles is 1. The number of hydrogen-bond acceptors (Lipinski definition) is 2. The molecular formula is C7H12N2. The molecule has 0 aromatic carbocycles. The maximum absolute atomic E-state index is 8.38. The van der Waals surface area contributed by atoms with Crippen LogP contribution in [0.5, 0.6) is 0 Å². The van der Waals surface area contributed by atoms with E-state index in [-0.39, 0.29) is 5.54 Å². The molecular weight excluding hydrogens is 112 g/mol. The van der Waals surface area contributed by atoms with Crippen LogP contribution in [0.15, 0.2) is 0 Å². The van der Waals surface area contributed by atoms with E-state index in [0.717, 1.165) is 6.54 Å². The summed E-state index contributed by atoms with van der Waals surface area (Å²) in [4.78, 5) is 0. The molecule has 1 rings (SSSR count). The molecule has 0 heterocycles. The second-order valence-electron chi connectivity index (χ2n) is 2.65. The number of nitrogens with zero attached hydrogens (tertiary/aromatic N) is 1. The minimum atomic E-state index is 0.240. The summed E-state index contributed by atoms with van der Waals surface area (Å²) in [6.07, 6.45) is 3.06. The number of rotatable bonds is 3. The molecule has 0 saturated heterocycles. The molecule has 0 bridgehead atoms. The highest BCUT2D eigenvalue weighted by atomic mass is 15.0. The monoisotopic (exact) mass is 124 g/mol. The third-order valence-corrected chi connectivity index (χ3v) is 1.82. The molecule has 1 aliphatic carbocycles. The molecule has 0 unspecified atom stereocenters. The van der Waals surface area contributed by atoms with E-state index in [0.29, 0.717) is 6.42 Å². The lowest BCUT2D eigenvalue weighted by Gasteiger charge is -2.09. The normalized spacial score (nSPS) is 20.9. The first kappa shape index (κ1) is 6.57. The van der Waals surface area contributed by atoms with Gasteiger partial charge in [-0.2, -0.15) is 5.26 Å². The molecule has 1 N–H and O–H groups in total. The number of hydrogen-bond donors (Lipinski definition) is 1. The summed E-state index contributed by atoms with van der Waals surface area (Å²) in [6, 6.07) is 2.19. The van der Waals surface area contributed by atoms with Crippen molar-refractivity contribution in [2.24, 2.45) is 0 Å². The third kappa shape index (κ3) is 1.43. The third-order valence-electron chi connectivity index (χ3n) is 1.82. The van der Waals surface area contributed by atoms with Crippen molar-refractivity contribution >= 4 is 0 Å². The van der Waals surface area contributed by atoms with Crippen molar-refractivity contribution in [1.29, 1.82) is 5.26 Å². The zero-order valence-electron chi connectivity index (χ0n) is 5.78. The van der Waals surface area contributed by atoms with Crippen molar-refractivity contribution in [2.75, 3.05) is 6.54 Å². The molecule has 0 aromatic rings. The van der Waals surface area contributed by atoms with Gasteiger partial charge < -0.3 is 5.32 Å². The first-order valence-corrected chi connectivity index (χ1v) is 3.45. The molecule has 9 heavy (non-hydrogen) atoms. The fraction of sp³-hybridized carbons (Fsp3) is 0.857. The summed E-state index contributed by atoms with van der Waals surface area (Å²) in [5.41, 5.74) is 0.240. The van der Waals surface area contributed by atoms with E-state index in [4.69, 9.17) is 5.26 Å². The van der Waals surface area contributed by atoms with Crippen molar-refractivity contribution in [2.45, 2.75) is 31.7 Å². The van der Waals surface area contributed by atoms with Crippen LogP contribution in [-0.4, -0.2) is 12.1 Å². The average molecular weight is 124 g/mol. The standard InChI is InChI=1S/C7H12N2/c1-2-9-7(3-4-7)5-6-8/h9H,2-5H2,1H3. The number of nitrogens with one attached hydrogen (secondary N) is 1. The van der Waals surface area contributed by atoms with E-state index in [2.05, 4.69) is 18.3 Å². The van der Waals surface area contributed by atoms with Crippen LogP contribution < -0.4 is 5.32 Å². The predicted octanol–water partition coefficient (Wildman–Crippen LogP) is 1.04. The molecule has 0 aliphatic heterocycles. The fourth-order valence-corrected chi connectivity index (χ4v) is 1.09. The van der Waals surface area contributed by atoms with Crippen LogP contribution in [-0.2, 0) is 0 Å². The van der Waals surface area contributed by atoms with Gasteiger partial charge in [0.25, 0.3) is 0 Å². The lowest BCUT2D eigenvalue weighted by molar-refractivity contribution is 0.524. The van der Waals surface area contributed by atoms with E-state index < -0.39 is 0 Å². The van der Waals surface area contributed by atoms with Crippen molar-refractivity contribution in [3.05, 3.63) is 0 Å². The van der Waals surface area contributed by atoms with E-state index in [1.54, 1.807) is 0 Å². The average Bonchev–Trinajstić information content (AvgIpc) is 2.51. The second-order valence-corrected chi connectivity index (χ2v) is 2.65. The van der Waals surface area contributed by atoms with Gasteiger partial charge in [-0.3, -0.25) is 0 Å². The van der Waals surface area contributed by atoms with Crippen LogP contribution in [0.1, 0.15) is 26.2 Å². The highest BCUT2D eigenvalue weighted by Crippen LogP contribution is 2.37. The molecule has 0 amide bonds.